The molecule has 76 heavy (non-hydrogen) atoms. The molecular weight excluding hydrogens is 937 g/mol. The van der Waals surface area contributed by atoms with Crippen molar-refractivity contribution in [1.82, 2.24) is 0 Å². The fourth-order valence-electron chi connectivity index (χ4n) is 8.00. The van der Waals surface area contributed by atoms with E-state index in [0.717, 1.165) is 154 Å². The van der Waals surface area contributed by atoms with Gasteiger partial charge >= 0.3 is 17.9 Å². The van der Waals surface area contributed by atoms with Crippen LogP contribution >= 0.6 is 0 Å². The highest BCUT2D eigenvalue weighted by atomic mass is 16.6. The Morgan fingerprint density at radius 3 is 0.842 bits per heavy atom. The van der Waals surface area contributed by atoms with Crippen LogP contribution in [-0.4, -0.2) is 37.2 Å². The normalized spacial score (nSPS) is 13.1. The van der Waals surface area contributed by atoms with Crippen LogP contribution in [0.4, 0.5) is 0 Å². The van der Waals surface area contributed by atoms with E-state index in [1.165, 1.54) is 57.8 Å². The van der Waals surface area contributed by atoms with Crippen molar-refractivity contribution in [3.05, 3.63) is 146 Å². The van der Waals surface area contributed by atoms with Crippen LogP contribution in [0.5, 0.6) is 0 Å². The summed E-state index contributed by atoms with van der Waals surface area (Å²) < 4.78 is 16.9. The maximum atomic E-state index is 12.9. The van der Waals surface area contributed by atoms with Crippen LogP contribution in [0.2, 0.25) is 0 Å². The van der Waals surface area contributed by atoms with Crippen LogP contribution in [0, 0.1) is 0 Å². The molecule has 0 N–H and O–H groups in total. The molecule has 0 aliphatic rings. The first-order valence-corrected chi connectivity index (χ1v) is 30.8. The summed E-state index contributed by atoms with van der Waals surface area (Å²) in [4.78, 5) is 38.3. The largest absolute Gasteiger partial charge is 0.462 e. The fourth-order valence-corrected chi connectivity index (χ4v) is 8.00. The lowest BCUT2D eigenvalue weighted by Crippen LogP contribution is -2.30. The smallest absolute Gasteiger partial charge is 0.306 e. The van der Waals surface area contributed by atoms with Crippen LogP contribution in [0.3, 0.4) is 0 Å². The van der Waals surface area contributed by atoms with Gasteiger partial charge in [-0.15, -0.1) is 0 Å². The quantitative estimate of drug-likeness (QED) is 0.0261. The van der Waals surface area contributed by atoms with Crippen LogP contribution < -0.4 is 0 Å². The van der Waals surface area contributed by atoms with E-state index in [1.807, 2.05) is 0 Å². The third-order valence-electron chi connectivity index (χ3n) is 12.6. The summed E-state index contributed by atoms with van der Waals surface area (Å²) in [5.41, 5.74) is 0. The second-order valence-electron chi connectivity index (χ2n) is 19.8. The molecule has 0 saturated heterocycles. The summed E-state index contributed by atoms with van der Waals surface area (Å²) in [6, 6.07) is 0. The topological polar surface area (TPSA) is 78.9 Å². The lowest BCUT2D eigenvalue weighted by molar-refractivity contribution is -0.167. The lowest BCUT2D eigenvalue weighted by Gasteiger charge is -2.18. The monoisotopic (exact) mass is 1050 g/mol. The van der Waals surface area contributed by atoms with Crippen LogP contribution in [-0.2, 0) is 28.6 Å². The number of rotatable bonds is 54. The molecule has 0 aromatic carbocycles. The molecule has 0 heterocycles. The molecule has 0 aromatic rings. The summed E-state index contributed by atoms with van der Waals surface area (Å²) in [6.07, 6.45) is 89.8. The minimum absolute atomic E-state index is 0.110. The standard InChI is InChI=1S/C70H112O6/c1-4-7-10-13-16-19-22-25-28-31-33-35-37-39-42-45-48-51-54-57-60-63-69(72)75-66-67(65-74-68(71)62-59-56-53-50-47-44-41-30-27-24-21-18-15-12-9-6-3)76-70(73)64-61-58-55-52-49-46-43-40-38-36-34-32-29-26-23-20-17-14-11-8-5-2/h7-8,10-11,16-17,19-20,25-26,28-30,33-36,39-43,48,51,67H,4-6,9,12-15,18,21-24,27,31-32,37-38,44-47,49-50,52-66H2,1-3H3/b10-7-,11-8-,19-16-,20-17-,28-25-,29-26-,35-33-,36-34-,41-30-,42-39-,43-40-,51-48-. The van der Waals surface area contributed by atoms with Crippen molar-refractivity contribution >= 4 is 17.9 Å². The Morgan fingerprint density at radius 1 is 0.276 bits per heavy atom. The predicted molar refractivity (Wildman–Crippen MR) is 329 cm³/mol. The van der Waals surface area contributed by atoms with Crippen molar-refractivity contribution in [1.29, 1.82) is 0 Å². The minimum atomic E-state index is -0.818. The summed E-state index contributed by atoms with van der Waals surface area (Å²) >= 11 is 0. The molecule has 0 aromatic heterocycles. The third kappa shape index (κ3) is 60.2. The van der Waals surface area contributed by atoms with E-state index in [1.54, 1.807) is 0 Å². The zero-order valence-electron chi connectivity index (χ0n) is 49.0. The van der Waals surface area contributed by atoms with Crippen LogP contribution in [0.1, 0.15) is 258 Å². The van der Waals surface area contributed by atoms with E-state index < -0.39 is 6.10 Å². The van der Waals surface area contributed by atoms with E-state index in [9.17, 15) is 14.4 Å². The molecule has 0 spiro atoms. The van der Waals surface area contributed by atoms with Crippen molar-refractivity contribution < 1.29 is 28.6 Å². The van der Waals surface area contributed by atoms with E-state index in [-0.39, 0.29) is 37.5 Å². The van der Waals surface area contributed by atoms with Crippen LogP contribution in [0.25, 0.3) is 0 Å². The molecule has 1 atom stereocenters. The second-order valence-corrected chi connectivity index (χ2v) is 19.8. The zero-order chi connectivity index (χ0) is 55.0. The number of hydrogen-bond acceptors (Lipinski definition) is 6. The van der Waals surface area contributed by atoms with Gasteiger partial charge in [-0.25, -0.2) is 0 Å². The Labute approximate surface area is 467 Å². The lowest BCUT2D eigenvalue weighted by atomic mass is 10.1. The molecule has 0 rings (SSSR count). The Kier molecular flexibility index (Phi) is 58.9. The number of unbranched alkanes of at least 4 members (excludes halogenated alkanes) is 19. The summed E-state index contributed by atoms with van der Waals surface area (Å²) in [5, 5.41) is 0. The minimum Gasteiger partial charge on any atom is -0.462 e. The summed E-state index contributed by atoms with van der Waals surface area (Å²) in [7, 11) is 0. The van der Waals surface area contributed by atoms with Crippen molar-refractivity contribution in [3.8, 4) is 0 Å². The van der Waals surface area contributed by atoms with Crippen molar-refractivity contribution in [2.75, 3.05) is 13.2 Å². The highest BCUT2D eigenvalue weighted by molar-refractivity contribution is 5.71. The van der Waals surface area contributed by atoms with Gasteiger partial charge in [-0.2, -0.15) is 0 Å². The van der Waals surface area contributed by atoms with Gasteiger partial charge in [-0.3, -0.25) is 14.4 Å². The average molecular weight is 1050 g/mol. The molecule has 0 radical (unpaired) electrons. The molecule has 0 bridgehead atoms. The van der Waals surface area contributed by atoms with E-state index in [4.69, 9.17) is 14.2 Å². The van der Waals surface area contributed by atoms with Crippen molar-refractivity contribution in [2.45, 2.75) is 264 Å². The molecule has 0 fully saturated rings. The predicted octanol–water partition coefficient (Wildman–Crippen LogP) is 21.2. The number of ether oxygens (including phenoxy) is 3. The number of carbonyl (C=O) groups is 3. The number of esters is 3. The first-order chi connectivity index (χ1) is 37.5. The molecule has 0 aliphatic heterocycles. The highest BCUT2D eigenvalue weighted by Gasteiger charge is 2.19. The fraction of sp³-hybridized carbons (Fsp3) is 0.614. The molecule has 1 unspecified atom stereocenters. The van der Waals surface area contributed by atoms with Gasteiger partial charge in [0.1, 0.15) is 13.2 Å². The third-order valence-corrected chi connectivity index (χ3v) is 12.6. The first kappa shape index (κ1) is 71.3. The maximum Gasteiger partial charge on any atom is 0.306 e. The van der Waals surface area contributed by atoms with Gasteiger partial charge in [0.2, 0.25) is 0 Å². The molecule has 428 valence electrons. The Hall–Kier alpha value is -4.71. The Morgan fingerprint density at radius 2 is 0.513 bits per heavy atom. The van der Waals surface area contributed by atoms with Gasteiger partial charge in [-0.05, 0) is 141 Å². The van der Waals surface area contributed by atoms with Gasteiger partial charge in [-0.1, -0.05) is 244 Å². The number of allylic oxidation sites excluding steroid dienone is 24. The van der Waals surface area contributed by atoms with E-state index in [2.05, 4.69) is 167 Å². The van der Waals surface area contributed by atoms with Crippen molar-refractivity contribution in [2.24, 2.45) is 0 Å². The van der Waals surface area contributed by atoms with Gasteiger partial charge in [0.25, 0.3) is 0 Å². The zero-order valence-corrected chi connectivity index (χ0v) is 49.0. The Balaban J connectivity index is 4.55. The average Bonchev–Trinajstić information content (AvgIpc) is 3.42. The highest BCUT2D eigenvalue weighted by Crippen LogP contribution is 2.14. The summed E-state index contributed by atoms with van der Waals surface area (Å²) in [5.74, 6) is -0.983. The van der Waals surface area contributed by atoms with Gasteiger partial charge < -0.3 is 14.2 Å². The van der Waals surface area contributed by atoms with E-state index in [0.29, 0.717) is 19.3 Å². The molecule has 0 saturated carbocycles. The molecule has 6 nitrogen and oxygen atoms in total. The van der Waals surface area contributed by atoms with E-state index >= 15 is 0 Å². The van der Waals surface area contributed by atoms with Crippen molar-refractivity contribution in [3.63, 3.8) is 0 Å². The maximum absolute atomic E-state index is 12.9. The van der Waals surface area contributed by atoms with Gasteiger partial charge in [0, 0.05) is 19.3 Å². The molecule has 0 aliphatic carbocycles. The van der Waals surface area contributed by atoms with Gasteiger partial charge in [0.05, 0.1) is 0 Å². The molecular formula is C70H112O6. The SMILES string of the molecule is CC/C=C\C/C=C\C/C=C\C/C=C\C/C=C\C/C=C\CCCCC(=O)OCC(COC(=O)CCCCCCC/C=C\CCCCCCCCC)OC(=O)CCCCCCC/C=C\C/C=C\C/C=C\C/C=C\C/C=C\CC. The first-order valence-electron chi connectivity index (χ1n) is 30.8. The number of carbonyl (C=O) groups excluding carboxylic acids is 3. The molecule has 0 amide bonds. The van der Waals surface area contributed by atoms with Crippen LogP contribution in [0.15, 0.2) is 146 Å². The second kappa shape index (κ2) is 62.8. The molecule has 6 heteroatoms. The summed E-state index contributed by atoms with van der Waals surface area (Å²) in [6.45, 7) is 6.35. The Bertz CT molecular complexity index is 1680. The van der Waals surface area contributed by atoms with Gasteiger partial charge in [0.15, 0.2) is 6.10 Å². The number of hydrogen-bond donors (Lipinski definition) is 0.